The number of hydrogen-bond donors (Lipinski definition) is 2. The summed E-state index contributed by atoms with van der Waals surface area (Å²) >= 11 is 5.64. The van der Waals surface area contributed by atoms with E-state index in [4.69, 9.17) is 21.1 Å². The average Bonchev–Trinajstić information content (AvgIpc) is 2.68. The molecule has 1 atom stereocenters. The summed E-state index contributed by atoms with van der Waals surface area (Å²) < 4.78 is 23.2. The molecule has 2 N–H and O–H groups in total. The van der Waals surface area contributed by atoms with Crippen LogP contribution in [0, 0.1) is 5.82 Å². The summed E-state index contributed by atoms with van der Waals surface area (Å²) in [6, 6.07) is 10.2. The van der Waals surface area contributed by atoms with Crippen LogP contribution in [0.4, 0.5) is 10.1 Å². The van der Waals surface area contributed by atoms with Gasteiger partial charge in [0.05, 0.1) is 17.7 Å². The molecule has 2 rings (SSSR count). The molecule has 9 heteroatoms. The molecule has 0 aliphatic heterocycles. The van der Waals surface area contributed by atoms with Crippen molar-refractivity contribution in [1.29, 1.82) is 0 Å². The first-order valence-electron chi connectivity index (χ1n) is 8.18. The van der Waals surface area contributed by atoms with Crippen LogP contribution < -0.4 is 15.4 Å². The first-order valence-corrected chi connectivity index (χ1v) is 8.56. The smallest absolute Gasteiger partial charge is 0.326 e. The van der Waals surface area contributed by atoms with Gasteiger partial charge < -0.3 is 20.1 Å². The van der Waals surface area contributed by atoms with Gasteiger partial charge in [-0.25, -0.2) is 4.39 Å². The summed E-state index contributed by atoms with van der Waals surface area (Å²) in [7, 11) is 1.43. The lowest BCUT2D eigenvalue weighted by Crippen LogP contribution is -2.36. The van der Waals surface area contributed by atoms with Crippen LogP contribution in [0.2, 0.25) is 5.02 Å². The SMILES string of the molecule is COc1ccccc1C(=O)NCC(=O)O[C@@H](C)C(=O)Nc1ccc(F)c(Cl)c1. The maximum atomic E-state index is 13.1. The Labute approximate surface area is 165 Å². The lowest BCUT2D eigenvalue weighted by molar-refractivity contribution is -0.152. The Kier molecular flexibility index (Phi) is 7.34. The number of methoxy groups -OCH3 is 1. The van der Waals surface area contributed by atoms with Crippen LogP contribution >= 0.6 is 11.6 Å². The molecule has 2 aromatic carbocycles. The number of rotatable bonds is 7. The fraction of sp³-hybridized carbons (Fsp3) is 0.211. The van der Waals surface area contributed by atoms with Crippen molar-refractivity contribution in [3.05, 3.63) is 58.9 Å². The van der Waals surface area contributed by atoms with E-state index in [1.54, 1.807) is 24.3 Å². The third-order valence-corrected chi connectivity index (χ3v) is 3.90. The van der Waals surface area contributed by atoms with Gasteiger partial charge in [-0.3, -0.25) is 14.4 Å². The van der Waals surface area contributed by atoms with Crippen LogP contribution in [0.3, 0.4) is 0 Å². The van der Waals surface area contributed by atoms with Crippen molar-refractivity contribution >= 4 is 35.1 Å². The molecule has 28 heavy (non-hydrogen) atoms. The van der Waals surface area contributed by atoms with E-state index in [9.17, 15) is 18.8 Å². The summed E-state index contributed by atoms with van der Waals surface area (Å²) in [6.45, 7) is 0.928. The average molecular weight is 409 g/mol. The van der Waals surface area contributed by atoms with Crippen LogP contribution in [0.1, 0.15) is 17.3 Å². The summed E-state index contributed by atoms with van der Waals surface area (Å²) in [5.41, 5.74) is 0.514. The van der Waals surface area contributed by atoms with Crippen LogP contribution in [0.5, 0.6) is 5.75 Å². The third-order valence-electron chi connectivity index (χ3n) is 3.61. The normalized spacial score (nSPS) is 11.3. The number of anilines is 1. The number of esters is 1. The minimum Gasteiger partial charge on any atom is -0.496 e. The zero-order valence-corrected chi connectivity index (χ0v) is 15.9. The molecule has 0 saturated heterocycles. The van der Waals surface area contributed by atoms with Gasteiger partial charge in [0.1, 0.15) is 18.1 Å². The standard InChI is InChI=1S/C19H18ClFN2O5/c1-11(18(25)23-12-7-8-15(21)14(20)9-12)28-17(24)10-22-19(26)13-5-3-4-6-16(13)27-2/h3-9,11H,10H2,1-2H3,(H,22,26)(H,23,25)/t11-/m0/s1. The second-order valence-corrected chi connectivity index (χ2v) is 6.04. The Morgan fingerprint density at radius 3 is 2.57 bits per heavy atom. The van der Waals surface area contributed by atoms with E-state index in [1.807, 2.05) is 0 Å². The quantitative estimate of drug-likeness (QED) is 0.687. The predicted molar refractivity (Wildman–Crippen MR) is 101 cm³/mol. The van der Waals surface area contributed by atoms with Crippen molar-refractivity contribution in [2.75, 3.05) is 19.0 Å². The highest BCUT2D eigenvalue weighted by molar-refractivity contribution is 6.31. The first-order chi connectivity index (χ1) is 13.3. The Morgan fingerprint density at radius 1 is 1.18 bits per heavy atom. The number of carbonyl (C=O) groups is 3. The Hall–Kier alpha value is -3.13. The van der Waals surface area contributed by atoms with Crippen molar-refractivity contribution in [3.63, 3.8) is 0 Å². The maximum Gasteiger partial charge on any atom is 0.326 e. The second kappa shape index (κ2) is 9.70. The minimum absolute atomic E-state index is 0.151. The molecule has 2 amide bonds. The van der Waals surface area contributed by atoms with Gasteiger partial charge in [0.25, 0.3) is 11.8 Å². The van der Waals surface area contributed by atoms with Gasteiger partial charge in [-0.2, -0.15) is 0 Å². The second-order valence-electron chi connectivity index (χ2n) is 5.63. The van der Waals surface area contributed by atoms with Crippen molar-refractivity contribution in [3.8, 4) is 5.75 Å². The number of halogens is 2. The highest BCUT2D eigenvalue weighted by atomic mass is 35.5. The molecule has 0 fully saturated rings. The monoisotopic (exact) mass is 408 g/mol. The molecule has 0 spiro atoms. The molecule has 0 bridgehead atoms. The summed E-state index contributed by atoms with van der Waals surface area (Å²) in [5, 5.41) is 4.70. The summed E-state index contributed by atoms with van der Waals surface area (Å²) in [5.74, 6) is -2.22. The van der Waals surface area contributed by atoms with Gasteiger partial charge >= 0.3 is 5.97 Å². The first kappa shape index (κ1) is 21.2. The summed E-state index contributed by atoms with van der Waals surface area (Å²) in [4.78, 5) is 36.1. The molecule has 0 radical (unpaired) electrons. The van der Waals surface area contributed by atoms with E-state index in [1.165, 1.54) is 26.2 Å². The number of amides is 2. The zero-order valence-electron chi connectivity index (χ0n) is 15.1. The van der Waals surface area contributed by atoms with E-state index in [0.717, 1.165) is 6.07 Å². The molecule has 2 aromatic rings. The number of carbonyl (C=O) groups excluding carboxylic acids is 3. The van der Waals surface area contributed by atoms with Crippen molar-refractivity contribution in [2.45, 2.75) is 13.0 Å². The Balaban J connectivity index is 1.85. The fourth-order valence-electron chi connectivity index (χ4n) is 2.19. The molecular formula is C19H18ClFN2O5. The van der Waals surface area contributed by atoms with Crippen LogP contribution in [-0.4, -0.2) is 37.5 Å². The third kappa shape index (κ3) is 5.68. The van der Waals surface area contributed by atoms with Crippen LogP contribution in [0.15, 0.2) is 42.5 Å². The lowest BCUT2D eigenvalue weighted by Gasteiger charge is -2.14. The van der Waals surface area contributed by atoms with Crippen LogP contribution in [0.25, 0.3) is 0 Å². The highest BCUT2D eigenvalue weighted by Crippen LogP contribution is 2.19. The maximum absolute atomic E-state index is 13.1. The number of hydrogen-bond acceptors (Lipinski definition) is 5. The summed E-state index contributed by atoms with van der Waals surface area (Å²) in [6.07, 6.45) is -1.14. The molecule has 0 saturated carbocycles. The van der Waals surface area contributed by atoms with E-state index >= 15 is 0 Å². The minimum atomic E-state index is -1.14. The van der Waals surface area contributed by atoms with Gasteiger partial charge in [-0.15, -0.1) is 0 Å². The van der Waals surface area contributed by atoms with Gasteiger partial charge in [0.15, 0.2) is 6.10 Å². The molecular weight excluding hydrogens is 391 g/mol. The molecule has 0 heterocycles. The molecule has 0 aliphatic rings. The van der Waals surface area contributed by atoms with Crippen molar-refractivity contribution < 1.29 is 28.2 Å². The predicted octanol–water partition coefficient (Wildman–Crippen LogP) is 2.79. The lowest BCUT2D eigenvalue weighted by atomic mass is 10.2. The zero-order chi connectivity index (χ0) is 20.7. The van der Waals surface area contributed by atoms with E-state index in [-0.39, 0.29) is 16.3 Å². The van der Waals surface area contributed by atoms with Crippen molar-refractivity contribution in [2.24, 2.45) is 0 Å². The Bertz CT molecular complexity index is 890. The van der Waals surface area contributed by atoms with Gasteiger partial charge in [-0.05, 0) is 37.3 Å². The Morgan fingerprint density at radius 2 is 1.89 bits per heavy atom. The van der Waals surface area contributed by atoms with E-state index < -0.39 is 36.2 Å². The topological polar surface area (TPSA) is 93.7 Å². The largest absolute Gasteiger partial charge is 0.496 e. The molecule has 0 aromatic heterocycles. The number of ether oxygens (including phenoxy) is 2. The molecule has 148 valence electrons. The van der Waals surface area contributed by atoms with Crippen LogP contribution in [-0.2, 0) is 14.3 Å². The number of para-hydroxylation sites is 1. The highest BCUT2D eigenvalue weighted by Gasteiger charge is 2.19. The van der Waals surface area contributed by atoms with Gasteiger partial charge in [0, 0.05) is 5.69 Å². The van der Waals surface area contributed by atoms with Gasteiger partial charge in [0.2, 0.25) is 0 Å². The molecule has 7 nitrogen and oxygen atoms in total. The van der Waals surface area contributed by atoms with Crippen molar-refractivity contribution in [1.82, 2.24) is 5.32 Å². The molecule has 0 aliphatic carbocycles. The van der Waals surface area contributed by atoms with E-state index in [0.29, 0.717) is 5.75 Å². The van der Waals surface area contributed by atoms with E-state index in [2.05, 4.69) is 10.6 Å². The fourth-order valence-corrected chi connectivity index (χ4v) is 2.37. The molecule has 0 unspecified atom stereocenters. The number of nitrogens with one attached hydrogen (secondary N) is 2. The number of benzene rings is 2. The van der Waals surface area contributed by atoms with Gasteiger partial charge in [-0.1, -0.05) is 23.7 Å².